The molecule has 39 heavy (non-hydrogen) atoms. The van der Waals surface area contributed by atoms with E-state index in [0.717, 1.165) is 16.5 Å². The number of rotatable bonds is 4. The van der Waals surface area contributed by atoms with Crippen LogP contribution in [0.15, 0.2) is 107 Å². The van der Waals surface area contributed by atoms with Crippen LogP contribution in [0.5, 0.6) is 0 Å². The Morgan fingerprint density at radius 3 is 2.38 bits per heavy atom. The number of aromatic nitrogens is 1. The fraction of sp³-hybridized carbons (Fsp3) is 0.0938. The lowest BCUT2D eigenvalue weighted by molar-refractivity contribution is 0.0711. The number of pyridine rings is 1. The maximum Gasteiger partial charge on any atom is 0.274 e. The molecule has 1 aliphatic rings. The van der Waals surface area contributed by atoms with Gasteiger partial charge in [0.2, 0.25) is 0 Å². The van der Waals surface area contributed by atoms with Crippen molar-refractivity contribution in [1.82, 2.24) is 9.99 Å². The normalized spacial score (nSPS) is 15.0. The fourth-order valence-corrected chi connectivity index (χ4v) is 5.13. The van der Waals surface area contributed by atoms with Gasteiger partial charge in [0.05, 0.1) is 17.3 Å². The lowest BCUT2D eigenvalue weighted by Crippen LogP contribution is -2.27. The summed E-state index contributed by atoms with van der Waals surface area (Å²) in [6.45, 7) is 1.98. The quantitative estimate of drug-likeness (QED) is 0.285. The molecule has 0 saturated heterocycles. The number of benzene rings is 4. The van der Waals surface area contributed by atoms with Crippen LogP contribution in [0.2, 0.25) is 0 Å². The molecule has 0 spiro atoms. The average molecular weight is 520 g/mol. The summed E-state index contributed by atoms with van der Waals surface area (Å²) in [6, 6.07) is 25.9. The van der Waals surface area contributed by atoms with Gasteiger partial charge in [0.25, 0.3) is 11.5 Å². The van der Waals surface area contributed by atoms with Crippen LogP contribution in [0, 0.1) is 18.6 Å². The lowest BCUT2D eigenvalue weighted by Gasteiger charge is -2.22. The van der Waals surface area contributed by atoms with Gasteiger partial charge in [0.1, 0.15) is 11.6 Å². The molecule has 192 valence electrons. The summed E-state index contributed by atoms with van der Waals surface area (Å²) in [6.07, 6.45) is 0.191. The summed E-state index contributed by atoms with van der Waals surface area (Å²) in [5.41, 5.74) is 4.46. The predicted octanol–water partition coefficient (Wildman–Crippen LogP) is 6.77. The molecule has 6 rings (SSSR count). The molecule has 1 N–H and O–H groups in total. The topological polar surface area (TPSA) is 65.5 Å². The first-order chi connectivity index (χ1) is 18.9. The zero-order valence-electron chi connectivity index (χ0n) is 21.0. The monoisotopic (exact) mass is 519 g/mol. The molecule has 5 aromatic rings. The van der Waals surface area contributed by atoms with E-state index < -0.39 is 23.6 Å². The molecule has 0 unspecified atom stereocenters. The smallest absolute Gasteiger partial charge is 0.274 e. The average Bonchev–Trinajstić information content (AvgIpc) is 3.38. The molecule has 0 aliphatic carbocycles. The Morgan fingerprint density at radius 2 is 1.64 bits per heavy atom. The highest BCUT2D eigenvalue weighted by molar-refractivity contribution is 6.13. The Morgan fingerprint density at radius 1 is 0.872 bits per heavy atom. The molecule has 0 fully saturated rings. The number of nitrogens with zero attached hydrogens (tertiary/aromatic N) is 2. The molecule has 1 atom stereocenters. The second kappa shape index (κ2) is 9.76. The van der Waals surface area contributed by atoms with Gasteiger partial charge in [0, 0.05) is 28.5 Å². The summed E-state index contributed by atoms with van der Waals surface area (Å²) in [5.74, 6) is -1.39. The first kappa shape index (κ1) is 24.4. The van der Waals surface area contributed by atoms with Crippen molar-refractivity contribution in [2.24, 2.45) is 5.10 Å². The van der Waals surface area contributed by atoms with E-state index in [0.29, 0.717) is 27.9 Å². The maximum absolute atomic E-state index is 14.3. The van der Waals surface area contributed by atoms with Crippen molar-refractivity contribution < 1.29 is 13.6 Å². The number of fused-ring (bicyclic) bond motifs is 1. The summed E-state index contributed by atoms with van der Waals surface area (Å²) >= 11 is 0. The van der Waals surface area contributed by atoms with E-state index in [1.807, 2.05) is 55.5 Å². The first-order valence-corrected chi connectivity index (χ1v) is 12.5. The number of hydrogen-bond acceptors (Lipinski definition) is 3. The number of halogens is 2. The van der Waals surface area contributed by atoms with Gasteiger partial charge in [0.15, 0.2) is 0 Å². The molecule has 0 saturated carbocycles. The van der Waals surface area contributed by atoms with Gasteiger partial charge in [-0.25, -0.2) is 13.8 Å². The van der Waals surface area contributed by atoms with Gasteiger partial charge >= 0.3 is 0 Å². The minimum Gasteiger partial charge on any atom is -0.321 e. The third kappa shape index (κ3) is 4.52. The van der Waals surface area contributed by atoms with Crippen LogP contribution in [-0.4, -0.2) is 21.6 Å². The van der Waals surface area contributed by atoms with E-state index in [1.165, 1.54) is 41.4 Å². The van der Waals surface area contributed by atoms with Crippen molar-refractivity contribution in [3.8, 4) is 11.1 Å². The number of carbonyl (C=O) groups is 1. The van der Waals surface area contributed by atoms with Crippen LogP contribution in [0.4, 0.5) is 8.78 Å². The largest absolute Gasteiger partial charge is 0.321 e. The van der Waals surface area contributed by atoms with Gasteiger partial charge in [-0.05, 0) is 66.6 Å². The van der Waals surface area contributed by atoms with Gasteiger partial charge in [-0.3, -0.25) is 9.59 Å². The number of carbonyl (C=O) groups excluding carboxylic acids is 1. The molecular weight excluding hydrogens is 496 g/mol. The van der Waals surface area contributed by atoms with Crippen LogP contribution < -0.4 is 5.56 Å². The standard InChI is InChI=1S/C32H23F2N3O2/c1-19-10-15-26-25(16-19)29(20-6-3-2-4-7-20)30(31(38)35-26)27-18-28(22-8-5-9-24(34)17-22)37(36-27)32(39)21-11-13-23(33)14-12-21/h2-17,28H,18H2,1H3,(H,35,38)/t28-/m0/s1. The third-order valence-electron chi connectivity index (χ3n) is 6.96. The van der Waals surface area contributed by atoms with E-state index in [1.54, 1.807) is 12.1 Å². The Labute approximate surface area is 223 Å². The highest BCUT2D eigenvalue weighted by Gasteiger charge is 2.36. The van der Waals surface area contributed by atoms with Gasteiger partial charge in [-0.15, -0.1) is 0 Å². The van der Waals surface area contributed by atoms with E-state index in [4.69, 9.17) is 0 Å². The Kier molecular flexibility index (Phi) is 6.11. The Bertz CT molecular complexity index is 1810. The number of amides is 1. The number of aromatic amines is 1. The molecule has 2 heterocycles. The number of nitrogens with one attached hydrogen (secondary N) is 1. The highest BCUT2D eigenvalue weighted by Crippen LogP contribution is 2.38. The van der Waals surface area contributed by atoms with Gasteiger partial charge in [-0.1, -0.05) is 54.1 Å². The first-order valence-electron chi connectivity index (χ1n) is 12.5. The van der Waals surface area contributed by atoms with Gasteiger partial charge < -0.3 is 4.98 Å². The number of hydrogen-bond donors (Lipinski definition) is 1. The molecule has 0 radical (unpaired) electrons. The van der Waals surface area contributed by atoms with Crippen LogP contribution in [0.3, 0.4) is 0 Å². The van der Waals surface area contributed by atoms with Crippen molar-refractivity contribution >= 4 is 22.5 Å². The summed E-state index contributed by atoms with van der Waals surface area (Å²) in [4.78, 5) is 30.2. The SMILES string of the molecule is Cc1ccc2[nH]c(=O)c(C3=NN(C(=O)c4ccc(F)cc4)[C@H](c4cccc(F)c4)C3)c(-c3ccccc3)c2c1. The Balaban J connectivity index is 1.57. The van der Waals surface area contributed by atoms with E-state index >= 15 is 0 Å². The molecular formula is C32H23F2N3O2. The molecule has 1 aromatic heterocycles. The zero-order chi connectivity index (χ0) is 27.1. The molecule has 0 bridgehead atoms. The molecule has 1 aliphatic heterocycles. The van der Waals surface area contributed by atoms with Crippen LogP contribution in [0.25, 0.3) is 22.0 Å². The third-order valence-corrected chi connectivity index (χ3v) is 6.96. The minimum atomic E-state index is -0.663. The van der Waals surface area contributed by atoms with E-state index in [9.17, 15) is 18.4 Å². The molecule has 5 nitrogen and oxygen atoms in total. The number of aryl methyl sites for hydroxylation is 1. The molecule has 4 aromatic carbocycles. The highest BCUT2D eigenvalue weighted by atomic mass is 19.1. The van der Waals surface area contributed by atoms with Crippen LogP contribution in [0.1, 0.15) is 39.5 Å². The molecule has 7 heteroatoms. The number of hydrazone groups is 1. The maximum atomic E-state index is 14.3. The summed E-state index contributed by atoms with van der Waals surface area (Å²) in [5, 5.41) is 6.81. The van der Waals surface area contributed by atoms with E-state index in [-0.39, 0.29) is 17.5 Å². The van der Waals surface area contributed by atoms with Crippen molar-refractivity contribution in [3.63, 3.8) is 0 Å². The van der Waals surface area contributed by atoms with Crippen LogP contribution >= 0.6 is 0 Å². The van der Waals surface area contributed by atoms with Crippen molar-refractivity contribution in [1.29, 1.82) is 0 Å². The fourth-order valence-electron chi connectivity index (χ4n) is 5.13. The second-order valence-electron chi connectivity index (χ2n) is 9.60. The van der Waals surface area contributed by atoms with Crippen molar-refractivity contribution in [2.45, 2.75) is 19.4 Å². The van der Waals surface area contributed by atoms with Crippen LogP contribution in [-0.2, 0) is 0 Å². The second-order valence-corrected chi connectivity index (χ2v) is 9.60. The van der Waals surface area contributed by atoms with Gasteiger partial charge in [-0.2, -0.15) is 5.10 Å². The minimum absolute atomic E-state index is 0.191. The van der Waals surface area contributed by atoms with Crippen molar-refractivity contribution in [2.75, 3.05) is 0 Å². The predicted molar refractivity (Wildman–Crippen MR) is 148 cm³/mol. The summed E-state index contributed by atoms with van der Waals surface area (Å²) in [7, 11) is 0. The Hall–Kier alpha value is -4.91. The summed E-state index contributed by atoms with van der Waals surface area (Å²) < 4.78 is 27.8. The number of H-pyrrole nitrogens is 1. The van der Waals surface area contributed by atoms with E-state index in [2.05, 4.69) is 10.1 Å². The molecule has 1 amide bonds. The zero-order valence-corrected chi connectivity index (χ0v) is 21.0. The lowest BCUT2D eigenvalue weighted by atomic mass is 9.90. The van der Waals surface area contributed by atoms with Crippen molar-refractivity contribution in [3.05, 3.63) is 141 Å².